The summed E-state index contributed by atoms with van der Waals surface area (Å²) in [6.07, 6.45) is -4.54. The average molecular weight is 299 g/mol. The lowest BCUT2D eigenvalue weighted by Crippen LogP contribution is -2.16. The lowest BCUT2D eigenvalue weighted by Gasteiger charge is -2.09. The Morgan fingerprint density at radius 3 is 2.70 bits per heavy atom. The van der Waals surface area contributed by atoms with E-state index in [9.17, 15) is 13.2 Å². The highest BCUT2D eigenvalue weighted by Gasteiger charge is 2.33. The molecule has 0 aliphatic carbocycles. The molecule has 0 atom stereocenters. The third kappa shape index (κ3) is 2.10. The van der Waals surface area contributed by atoms with Crippen molar-refractivity contribution in [2.75, 3.05) is 5.43 Å². The van der Waals surface area contributed by atoms with Gasteiger partial charge in [-0.05, 0) is 11.4 Å². The SMILES string of the molecule is NNc1cc(C(F)(F)F)nc2cc(-c3cccs3)nn12. The summed E-state index contributed by atoms with van der Waals surface area (Å²) in [5.41, 5.74) is 1.81. The molecule has 0 aliphatic rings. The molecule has 0 aliphatic heterocycles. The third-order valence-electron chi connectivity index (χ3n) is 2.64. The molecule has 0 unspecified atom stereocenters. The number of hydrazine groups is 1. The molecule has 0 amide bonds. The van der Waals surface area contributed by atoms with Crippen LogP contribution in [0.5, 0.6) is 0 Å². The number of fused-ring (bicyclic) bond motifs is 1. The summed E-state index contributed by atoms with van der Waals surface area (Å²) < 4.78 is 39.5. The molecule has 0 aromatic carbocycles. The Kier molecular flexibility index (Phi) is 2.87. The van der Waals surface area contributed by atoms with Crippen molar-refractivity contribution in [3.05, 3.63) is 35.3 Å². The van der Waals surface area contributed by atoms with E-state index in [4.69, 9.17) is 5.84 Å². The molecule has 5 nitrogen and oxygen atoms in total. The number of nitrogens with one attached hydrogen (secondary N) is 1. The van der Waals surface area contributed by atoms with Gasteiger partial charge in [0.1, 0.15) is 11.5 Å². The maximum absolute atomic E-state index is 12.8. The van der Waals surface area contributed by atoms with Crippen molar-refractivity contribution in [3.8, 4) is 10.6 Å². The number of nitrogen functional groups attached to an aromatic ring is 1. The lowest BCUT2D eigenvalue weighted by molar-refractivity contribution is -0.141. The standard InChI is InChI=1S/C11H8F3N5S/c12-11(13,14)8-5-10(17-15)19-9(16-8)4-6(18-19)7-2-1-3-20-7/h1-5,17H,15H2. The van der Waals surface area contributed by atoms with Crippen LogP contribution in [-0.4, -0.2) is 14.6 Å². The van der Waals surface area contributed by atoms with E-state index >= 15 is 0 Å². The molecule has 0 fully saturated rings. The minimum atomic E-state index is -4.54. The first kappa shape index (κ1) is 12.9. The molecular formula is C11H8F3N5S. The molecule has 20 heavy (non-hydrogen) atoms. The van der Waals surface area contributed by atoms with E-state index in [1.165, 1.54) is 21.9 Å². The minimum absolute atomic E-state index is 0.0186. The summed E-state index contributed by atoms with van der Waals surface area (Å²) in [4.78, 5) is 4.41. The third-order valence-corrected chi connectivity index (χ3v) is 3.53. The second-order valence-corrected chi connectivity index (χ2v) is 4.89. The van der Waals surface area contributed by atoms with Crippen LogP contribution in [0, 0.1) is 0 Å². The van der Waals surface area contributed by atoms with E-state index in [1.54, 1.807) is 0 Å². The maximum Gasteiger partial charge on any atom is 0.433 e. The molecule has 3 aromatic heterocycles. The van der Waals surface area contributed by atoms with Gasteiger partial charge in [0.2, 0.25) is 0 Å². The second kappa shape index (κ2) is 4.46. The fourth-order valence-electron chi connectivity index (χ4n) is 1.77. The van der Waals surface area contributed by atoms with E-state index in [0.29, 0.717) is 5.69 Å². The van der Waals surface area contributed by atoms with Crippen molar-refractivity contribution in [1.29, 1.82) is 0 Å². The normalized spacial score (nSPS) is 12.0. The van der Waals surface area contributed by atoms with Crippen LogP contribution in [0.2, 0.25) is 0 Å². The Balaban J connectivity index is 2.22. The van der Waals surface area contributed by atoms with Crippen LogP contribution < -0.4 is 11.3 Å². The van der Waals surface area contributed by atoms with E-state index in [1.807, 2.05) is 17.5 Å². The molecule has 3 rings (SSSR count). The zero-order valence-electron chi connectivity index (χ0n) is 9.85. The van der Waals surface area contributed by atoms with Gasteiger partial charge in [-0.1, -0.05) is 6.07 Å². The van der Waals surface area contributed by atoms with Gasteiger partial charge in [-0.3, -0.25) is 0 Å². The van der Waals surface area contributed by atoms with Gasteiger partial charge in [0.25, 0.3) is 0 Å². The van der Waals surface area contributed by atoms with E-state index in [2.05, 4.69) is 15.5 Å². The van der Waals surface area contributed by atoms with E-state index < -0.39 is 11.9 Å². The average Bonchev–Trinajstić information content (AvgIpc) is 3.04. The zero-order valence-corrected chi connectivity index (χ0v) is 10.7. The maximum atomic E-state index is 12.8. The summed E-state index contributed by atoms with van der Waals surface area (Å²) >= 11 is 1.44. The van der Waals surface area contributed by atoms with Gasteiger partial charge < -0.3 is 5.43 Å². The Labute approximate surface area is 114 Å². The number of thiophene rings is 1. The van der Waals surface area contributed by atoms with Gasteiger partial charge in [0.05, 0.1) is 4.88 Å². The monoisotopic (exact) mass is 299 g/mol. The number of nitrogens with zero attached hydrogens (tertiary/aromatic N) is 3. The first-order valence-corrected chi connectivity index (χ1v) is 6.35. The number of hydrogen-bond acceptors (Lipinski definition) is 5. The van der Waals surface area contributed by atoms with Crippen molar-refractivity contribution in [3.63, 3.8) is 0 Å². The largest absolute Gasteiger partial charge is 0.433 e. The molecule has 0 bridgehead atoms. The zero-order chi connectivity index (χ0) is 14.3. The smallest absolute Gasteiger partial charge is 0.308 e. The van der Waals surface area contributed by atoms with Gasteiger partial charge >= 0.3 is 6.18 Å². The minimum Gasteiger partial charge on any atom is -0.308 e. The Morgan fingerprint density at radius 1 is 1.30 bits per heavy atom. The Bertz CT molecular complexity index is 747. The fraction of sp³-hybridized carbons (Fsp3) is 0.0909. The summed E-state index contributed by atoms with van der Waals surface area (Å²) in [6, 6.07) is 5.97. The second-order valence-electron chi connectivity index (χ2n) is 3.95. The predicted molar refractivity (Wildman–Crippen MR) is 69.1 cm³/mol. The molecule has 0 spiro atoms. The van der Waals surface area contributed by atoms with Crippen LogP contribution in [-0.2, 0) is 6.18 Å². The number of alkyl halides is 3. The molecule has 0 radical (unpaired) electrons. The van der Waals surface area contributed by atoms with Crippen molar-refractivity contribution >= 4 is 22.8 Å². The Hall–Kier alpha value is -2.13. The predicted octanol–water partition coefficient (Wildman–Crippen LogP) is 2.76. The van der Waals surface area contributed by atoms with Gasteiger partial charge in [-0.15, -0.1) is 11.3 Å². The van der Waals surface area contributed by atoms with Crippen LogP contribution in [0.15, 0.2) is 29.6 Å². The molecule has 3 heterocycles. The first-order valence-electron chi connectivity index (χ1n) is 5.47. The fourth-order valence-corrected chi connectivity index (χ4v) is 2.45. The Morgan fingerprint density at radius 2 is 2.10 bits per heavy atom. The van der Waals surface area contributed by atoms with Gasteiger partial charge in [-0.2, -0.15) is 22.8 Å². The molecule has 9 heteroatoms. The van der Waals surface area contributed by atoms with Gasteiger partial charge in [-0.25, -0.2) is 10.8 Å². The summed E-state index contributed by atoms with van der Waals surface area (Å²) in [5.74, 6) is 5.27. The van der Waals surface area contributed by atoms with Crippen molar-refractivity contribution in [2.24, 2.45) is 5.84 Å². The number of halogens is 3. The van der Waals surface area contributed by atoms with Gasteiger partial charge in [0.15, 0.2) is 11.3 Å². The van der Waals surface area contributed by atoms with E-state index in [0.717, 1.165) is 10.9 Å². The summed E-state index contributed by atoms with van der Waals surface area (Å²) in [6.45, 7) is 0. The molecular weight excluding hydrogens is 291 g/mol. The number of rotatable bonds is 2. The van der Waals surface area contributed by atoms with Crippen molar-refractivity contribution < 1.29 is 13.2 Å². The number of anilines is 1. The number of aromatic nitrogens is 3. The summed E-state index contributed by atoms with van der Waals surface area (Å²) in [5, 5.41) is 6.06. The number of hydrogen-bond donors (Lipinski definition) is 2. The highest BCUT2D eigenvalue weighted by Crippen LogP contribution is 2.31. The highest BCUT2D eigenvalue weighted by atomic mass is 32.1. The molecule has 3 aromatic rings. The van der Waals surface area contributed by atoms with Crippen molar-refractivity contribution in [2.45, 2.75) is 6.18 Å². The summed E-state index contributed by atoms with van der Waals surface area (Å²) in [7, 11) is 0. The topological polar surface area (TPSA) is 68.2 Å². The van der Waals surface area contributed by atoms with Crippen LogP contribution in [0.1, 0.15) is 5.69 Å². The van der Waals surface area contributed by atoms with Crippen LogP contribution in [0.3, 0.4) is 0 Å². The van der Waals surface area contributed by atoms with Crippen LogP contribution in [0.25, 0.3) is 16.2 Å². The molecule has 3 N–H and O–H groups in total. The van der Waals surface area contributed by atoms with Crippen LogP contribution >= 0.6 is 11.3 Å². The lowest BCUT2D eigenvalue weighted by atomic mass is 10.3. The number of nitrogens with two attached hydrogens (primary N) is 1. The highest BCUT2D eigenvalue weighted by molar-refractivity contribution is 7.13. The first-order chi connectivity index (χ1) is 9.49. The molecule has 0 saturated carbocycles. The van der Waals surface area contributed by atoms with E-state index in [-0.39, 0.29) is 11.5 Å². The quantitative estimate of drug-likeness (QED) is 0.564. The molecule has 104 valence electrons. The van der Waals surface area contributed by atoms with Gasteiger partial charge in [0, 0.05) is 12.1 Å². The van der Waals surface area contributed by atoms with Crippen LogP contribution in [0.4, 0.5) is 19.0 Å². The molecule has 0 saturated heterocycles. The van der Waals surface area contributed by atoms with Crippen molar-refractivity contribution in [1.82, 2.24) is 14.6 Å².